The molecule has 136 valence electrons. The minimum atomic E-state index is -3.04. The van der Waals surface area contributed by atoms with Crippen LogP contribution < -0.4 is 0 Å². The van der Waals surface area contributed by atoms with Gasteiger partial charge in [0.15, 0.2) is 11.0 Å². The fraction of sp³-hybridized carbons (Fsp3) is 0.235. The highest BCUT2D eigenvalue weighted by atomic mass is 35.5. The van der Waals surface area contributed by atoms with Crippen LogP contribution in [0.3, 0.4) is 0 Å². The second-order valence-electron chi connectivity index (χ2n) is 5.74. The molecule has 0 saturated heterocycles. The van der Waals surface area contributed by atoms with E-state index in [9.17, 15) is 8.42 Å². The summed E-state index contributed by atoms with van der Waals surface area (Å²) in [4.78, 5) is 4.04. The Bertz CT molecular complexity index is 1020. The van der Waals surface area contributed by atoms with Gasteiger partial charge in [0.2, 0.25) is 0 Å². The SMILES string of the molecule is Cc1c(Cl)cccc1-n1c(SCCS(C)(=O)=O)nnc1-c1ccncc1. The van der Waals surface area contributed by atoms with Gasteiger partial charge in [-0.25, -0.2) is 8.42 Å². The molecule has 3 rings (SSSR count). The molecule has 0 bridgehead atoms. The van der Waals surface area contributed by atoms with E-state index >= 15 is 0 Å². The third kappa shape index (κ3) is 4.25. The van der Waals surface area contributed by atoms with E-state index in [4.69, 9.17) is 11.6 Å². The van der Waals surface area contributed by atoms with Crippen LogP contribution in [0.5, 0.6) is 0 Å². The van der Waals surface area contributed by atoms with Crippen molar-refractivity contribution in [3.63, 3.8) is 0 Å². The van der Waals surface area contributed by atoms with Crippen LogP contribution in [0, 0.1) is 6.92 Å². The highest BCUT2D eigenvalue weighted by molar-refractivity contribution is 8.00. The molecule has 0 radical (unpaired) electrons. The third-order valence-corrected chi connectivity index (χ3v) is 6.28. The van der Waals surface area contributed by atoms with Crippen molar-refractivity contribution in [1.29, 1.82) is 0 Å². The fourth-order valence-corrected chi connectivity index (χ4v) is 4.70. The first-order valence-electron chi connectivity index (χ1n) is 7.78. The van der Waals surface area contributed by atoms with Gasteiger partial charge in [0.25, 0.3) is 0 Å². The number of thioether (sulfide) groups is 1. The van der Waals surface area contributed by atoms with Crippen LogP contribution in [-0.4, -0.2) is 45.9 Å². The highest BCUT2D eigenvalue weighted by Crippen LogP contribution is 2.31. The lowest BCUT2D eigenvalue weighted by Crippen LogP contribution is -2.07. The Balaban J connectivity index is 2.08. The number of rotatable bonds is 6. The number of benzene rings is 1. The van der Waals surface area contributed by atoms with Crippen molar-refractivity contribution in [3.05, 3.63) is 53.3 Å². The largest absolute Gasteiger partial charge is 0.270 e. The van der Waals surface area contributed by atoms with E-state index in [1.54, 1.807) is 12.4 Å². The van der Waals surface area contributed by atoms with Gasteiger partial charge in [-0.1, -0.05) is 29.4 Å². The maximum atomic E-state index is 11.4. The van der Waals surface area contributed by atoms with Crippen molar-refractivity contribution in [2.24, 2.45) is 0 Å². The molecular weight excluding hydrogens is 392 g/mol. The molecule has 0 atom stereocenters. The van der Waals surface area contributed by atoms with Crippen molar-refractivity contribution in [1.82, 2.24) is 19.7 Å². The molecule has 6 nitrogen and oxygen atoms in total. The number of aromatic nitrogens is 4. The van der Waals surface area contributed by atoms with E-state index in [2.05, 4.69) is 15.2 Å². The molecule has 0 amide bonds. The van der Waals surface area contributed by atoms with E-state index in [0.29, 0.717) is 21.8 Å². The van der Waals surface area contributed by atoms with E-state index in [-0.39, 0.29) is 5.75 Å². The molecule has 9 heteroatoms. The first-order chi connectivity index (χ1) is 12.4. The third-order valence-electron chi connectivity index (χ3n) is 3.74. The molecule has 2 aromatic heterocycles. The molecular formula is C17H17ClN4O2S2. The summed E-state index contributed by atoms with van der Waals surface area (Å²) in [6.07, 6.45) is 4.60. The zero-order valence-electron chi connectivity index (χ0n) is 14.3. The van der Waals surface area contributed by atoms with Crippen LogP contribution in [0.2, 0.25) is 5.02 Å². The molecule has 3 aromatic rings. The minimum absolute atomic E-state index is 0.0731. The van der Waals surface area contributed by atoms with E-state index in [0.717, 1.165) is 16.8 Å². The molecule has 0 spiro atoms. The minimum Gasteiger partial charge on any atom is -0.270 e. The van der Waals surface area contributed by atoms with Crippen molar-refractivity contribution in [3.8, 4) is 17.1 Å². The Kier molecular flexibility index (Phi) is 5.64. The molecule has 26 heavy (non-hydrogen) atoms. The van der Waals surface area contributed by atoms with Crippen molar-refractivity contribution >= 4 is 33.2 Å². The monoisotopic (exact) mass is 408 g/mol. The Morgan fingerprint density at radius 2 is 1.88 bits per heavy atom. The maximum Gasteiger partial charge on any atom is 0.196 e. The predicted octanol–water partition coefficient (Wildman–Crippen LogP) is 3.43. The fourth-order valence-electron chi connectivity index (χ4n) is 2.39. The predicted molar refractivity (Wildman–Crippen MR) is 105 cm³/mol. The Hall–Kier alpha value is -1.90. The van der Waals surface area contributed by atoms with Crippen molar-refractivity contribution < 1.29 is 8.42 Å². The highest BCUT2D eigenvalue weighted by Gasteiger charge is 2.18. The molecule has 0 aliphatic carbocycles. The van der Waals surface area contributed by atoms with Crippen molar-refractivity contribution in [2.45, 2.75) is 12.1 Å². The standard InChI is InChI=1S/C17H17ClN4O2S2/c1-12-14(18)4-3-5-15(12)22-16(13-6-8-19-9-7-13)20-21-17(22)25-10-11-26(2,23)24/h3-9H,10-11H2,1-2H3. The molecule has 0 aliphatic heterocycles. The van der Waals surface area contributed by atoms with Crippen LogP contribution in [0.4, 0.5) is 0 Å². The second-order valence-corrected chi connectivity index (χ2v) is 9.47. The lowest BCUT2D eigenvalue weighted by molar-refractivity contribution is 0.603. The Morgan fingerprint density at radius 3 is 2.58 bits per heavy atom. The number of halogens is 1. The maximum absolute atomic E-state index is 11.4. The summed E-state index contributed by atoms with van der Waals surface area (Å²) in [6.45, 7) is 1.93. The van der Waals surface area contributed by atoms with Gasteiger partial charge in [-0.2, -0.15) is 0 Å². The van der Waals surface area contributed by atoms with Gasteiger partial charge in [-0.05, 0) is 36.8 Å². The quantitative estimate of drug-likeness (QED) is 0.581. The summed E-state index contributed by atoms with van der Waals surface area (Å²) in [7, 11) is -3.04. The number of hydrogen-bond acceptors (Lipinski definition) is 6. The molecule has 2 heterocycles. The Morgan fingerprint density at radius 1 is 1.15 bits per heavy atom. The van der Waals surface area contributed by atoms with Crippen LogP contribution in [0.15, 0.2) is 47.9 Å². The van der Waals surface area contributed by atoms with Gasteiger partial charge in [0, 0.05) is 35.0 Å². The van der Waals surface area contributed by atoms with E-state index in [1.807, 2.05) is 41.8 Å². The summed E-state index contributed by atoms with van der Waals surface area (Å²) >= 11 is 7.65. The van der Waals surface area contributed by atoms with Gasteiger partial charge in [0.05, 0.1) is 11.4 Å². The molecule has 0 aliphatic rings. The first kappa shape index (κ1) is 18.9. The zero-order chi connectivity index (χ0) is 18.7. The second kappa shape index (κ2) is 7.77. The van der Waals surface area contributed by atoms with Gasteiger partial charge >= 0.3 is 0 Å². The lowest BCUT2D eigenvalue weighted by atomic mass is 10.2. The number of nitrogens with zero attached hydrogens (tertiary/aromatic N) is 4. The van der Waals surface area contributed by atoms with Gasteiger partial charge < -0.3 is 0 Å². The van der Waals surface area contributed by atoms with Crippen molar-refractivity contribution in [2.75, 3.05) is 17.8 Å². The summed E-state index contributed by atoms with van der Waals surface area (Å²) in [5.41, 5.74) is 2.62. The summed E-state index contributed by atoms with van der Waals surface area (Å²) < 4.78 is 24.7. The Labute approximate surface area is 161 Å². The molecule has 0 N–H and O–H groups in total. The average molecular weight is 409 g/mol. The summed E-state index contributed by atoms with van der Waals surface area (Å²) in [6, 6.07) is 9.34. The molecule has 0 saturated carbocycles. The lowest BCUT2D eigenvalue weighted by Gasteiger charge is -2.13. The van der Waals surface area contributed by atoms with E-state index in [1.165, 1.54) is 18.0 Å². The molecule has 0 unspecified atom stereocenters. The van der Waals surface area contributed by atoms with E-state index < -0.39 is 9.84 Å². The normalized spacial score (nSPS) is 11.7. The first-order valence-corrected chi connectivity index (χ1v) is 11.2. The van der Waals surface area contributed by atoms with Crippen LogP contribution in [-0.2, 0) is 9.84 Å². The van der Waals surface area contributed by atoms with Crippen LogP contribution in [0.25, 0.3) is 17.1 Å². The van der Waals surface area contributed by atoms with Gasteiger partial charge in [-0.15, -0.1) is 10.2 Å². The molecule has 1 aromatic carbocycles. The van der Waals surface area contributed by atoms with Gasteiger partial charge in [-0.3, -0.25) is 9.55 Å². The zero-order valence-corrected chi connectivity index (χ0v) is 16.6. The van der Waals surface area contributed by atoms with Crippen LogP contribution in [0.1, 0.15) is 5.56 Å². The van der Waals surface area contributed by atoms with Gasteiger partial charge in [0.1, 0.15) is 9.84 Å². The molecule has 0 fully saturated rings. The summed E-state index contributed by atoms with van der Waals surface area (Å²) in [5, 5.41) is 9.86. The number of hydrogen-bond donors (Lipinski definition) is 0. The number of sulfone groups is 1. The average Bonchev–Trinajstić information content (AvgIpc) is 3.01. The smallest absolute Gasteiger partial charge is 0.196 e. The topological polar surface area (TPSA) is 77.7 Å². The number of pyridine rings is 1. The van der Waals surface area contributed by atoms with Crippen LogP contribution >= 0.6 is 23.4 Å². The summed E-state index contributed by atoms with van der Waals surface area (Å²) in [5.74, 6) is 1.12.